The van der Waals surface area contributed by atoms with E-state index < -0.39 is 0 Å². The van der Waals surface area contributed by atoms with E-state index in [-0.39, 0.29) is 18.4 Å². The van der Waals surface area contributed by atoms with Crippen molar-refractivity contribution in [3.8, 4) is 5.75 Å². The lowest BCUT2D eigenvalue weighted by atomic mass is 10.2. The molecule has 0 spiro atoms. The zero-order valence-electron chi connectivity index (χ0n) is 17.0. The van der Waals surface area contributed by atoms with Gasteiger partial charge in [-0.3, -0.25) is 9.59 Å². The Balaban J connectivity index is 1.55. The second-order valence-corrected chi connectivity index (χ2v) is 6.63. The molecule has 0 fully saturated rings. The van der Waals surface area contributed by atoms with Gasteiger partial charge in [0, 0.05) is 24.0 Å². The Hall–Kier alpha value is -3.65. The highest BCUT2D eigenvalue weighted by Gasteiger charge is 2.11. The second kappa shape index (κ2) is 9.71. The number of nitrogens with zero attached hydrogens (tertiary/aromatic N) is 1. The zero-order chi connectivity index (χ0) is 21.5. The number of aryl methyl sites for hydroxylation is 2. The van der Waals surface area contributed by atoms with Gasteiger partial charge in [0.2, 0.25) is 5.91 Å². The number of aromatic nitrogens is 1. The van der Waals surface area contributed by atoms with E-state index in [1.54, 1.807) is 48.5 Å². The van der Waals surface area contributed by atoms with Crippen molar-refractivity contribution in [3.05, 3.63) is 71.1 Å². The lowest BCUT2D eigenvalue weighted by Gasteiger charge is -2.09. The van der Waals surface area contributed by atoms with Crippen molar-refractivity contribution in [2.45, 2.75) is 20.5 Å². The van der Waals surface area contributed by atoms with E-state index in [1.807, 2.05) is 13.8 Å². The Morgan fingerprint density at radius 3 is 2.17 bits per heavy atom. The van der Waals surface area contributed by atoms with Crippen molar-refractivity contribution in [1.82, 2.24) is 5.16 Å². The number of methoxy groups -OCH3 is 1. The second-order valence-electron chi connectivity index (χ2n) is 6.63. The monoisotopic (exact) mass is 409 g/mol. The first-order valence-electron chi connectivity index (χ1n) is 9.31. The van der Waals surface area contributed by atoms with Crippen LogP contribution in [0.15, 0.2) is 53.1 Å². The summed E-state index contributed by atoms with van der Waals surface area (Å²) in [6, 6.07) is 13.7. The van der Waals surface area contributed by atoms with Crippen LogP contribution in [0.25, 0.3) is 0 Å². The predicted molar refractivity (Wildman–Crippen MR) is 112 cm³/mol. The van der Waals surface area contributed by atoms with Gasteiger partial charge < -0.3 is 24.6 Å². The van der Waals surface area contributed by atoms with Crippen LogP contribution in [0, 0.1) is 13.8 Å². The van der Waals surface area contributed by atoms with E-state index in [0.29, 0.717) is 29.3 Å². The fourth-order valence-corrected chi connectivity index (χ4v) is 2.73. The van der Waals surface area contributed by atoms with Crippen LogP contribution in [-0.2, 0) is 16.1 Å². The third-order valence-corrected chi connectivity index (χ3v) is 4.38. The maximum Gasteiger partial charge on any atom is 0.255 e. The van der Waals surface area contributed by atoms with Gasteiger partial charge in [-0.25, -0.2) is 0 Å². The first-order valence-corrected chi connectivity index (χ1v) is 9.31. The lowest BCUT2D eigenvalue weighted by Crippen LogP contribution is -2.17. The summed E-state index contributed by atoms with van der Waals surface area (Å²) >= 11 is 0. The van der Waals surface area contributed by atoms with Crippen LogP contribution in [0.3, 0.4) is 0 Å². The van der Waals surface area contributed by atoms with Crippen molar-refractivity contribution in [1.29, 1.82) is 0 Å². The Kier molecular flexibility index (Phi) is 6.82. The van der Waals surface area contributed by atoms with Gasteiger partial charge >= 0.3 is 0 Å². The molecule has 8 heteroatoms. The number of amides is 2. The molecule has 3 rings (SSSR count). The molecule has 1 heterocycles. The van der Waals surface area contributed by atoms with Crippen LogP contribution < -0.4 is 15.4 Å². The summed E-state index contributed by atoms with van der Waals surface area (Å²) < 4.78 is 15.6. The summed E-state index contributed by atoms with van der Waals surface area (Å²) in [5, 5.41) is 9.40. The molecule has 2 aromatic carbocycles. The molecule has 0 unspecified atom stereocenters. The highest BCUT2D eigenvalue weighted by atomic mass is 16.5. The average Bonchev–Trinajstić information content (AvgIpc) is 3.06. The number of hydrogen-bond donors (Lipinski definition) is 2. The van der Waals surface area contributed by atoms with Crippen LogP contribution in [0.5, 0.6) is 5.75 Å². The van der Waals surface area contributed by atoms with E-state index >= 15 is 0 Å². The minimum Gasteiger partial charge on any atom is -0.489 e. The number of rotatable bonds is 8. The van der Waals surface area contributed by atoms with Gasteiger partial charge in [0.1, 0.15) is 24.7 Å². The first-order chi connectivity index (χ1) is 14.5. The van der Waals surface area contributed by atoms with E-state index in [9.17, 15) is 9.59 Å². The third kappa shape index (κ3) is 5.45. The predicted octanol–water partition coefficient (Wildman–Crippen LogP) is 3.71. The Labute approximate surface area is 174 Å². The van der Waals surface area contributed by atoms with Gasteiger partial charge in [0.15, 0.2) is 0 Å². The molecule has 2 amide bonds. The van der Waals surface area contributed by atoms with Gasteiger partial charge in [0.05, 0.1) is 11.3 Å². The van der Waals surface area contributed by atoms with Crippen molar-refractivity contribution in [2.24, 2.45) is 0 Å². The topological polar surface area (TPSA) is 103 Å². The first kappa shape index (κ1) is 21.1. The van der Waals surface area contributed by atoms with Gasteiger partial charge in [-0.15, -0.1) is 0 Å². The Morgan fingerprint density at radius 2 is 1.60 bits per heavy atom. The van der Waals surface area contributed by atoms with Gasteiger partial charge in [0.25, 0.3) is 5.91 Å². The van der Waals surface area contributed by atoms with Gasteiger partial charge in [-0.2, -0.15) is 0 Å². The molecule has 0 aliphatic heterocycles. The molecule has 8 nitrogen and oxygen atoms in total. The van der Waals surface area contributed by atoms with E-state index in [0.717, 1.165) is 17.0 Å². The number of benzene rings is 2. The molecule has 0 radical (unpaired) electrons. The number of ether oxygens (including phenoxy) is 2. The molecule has 0 atom stereocenters. The fourth-order valence-electron chi connectivity index (χ4n) is 2.73. The summed E-state index contributed by atoms with van der Waals surface area (Å²) in [6.45, 7) is 4.03. The molecular formula is C22H23N3O5. The van der Waals surface area contributed by atoms with E-state index in [4.69, 9.17) is 14.0 Å². The molecule has 30 heavy (non-hydrogen) atoms. The normalized spacial score (nSPS) is 10.5. The van der Waals surface area contributed by atoms with E-state index in [1.165, 1.54) is 7.11 Å². The summed E-state index contributed by atoms with van der Waals surface area (Å²) in [7, 11) is 1.45. The van der Waals surface area contributed by atoms with E-state index in [2.05, 4.69) is 15.8 Å². The number of nitrogens with one attached hydrogen (secondary N) is 2. The third-order valence-electron chi connectivity index (χ3n) is 4.38. The van der Waals surface area contributed by atoms with Crippen LogP contribution in [-0.4, -0.2) is 30.7 Å². The molecule has 2 N–H and O–H groups in total. The highest BCUT2D eigenvalue weighted by Crippen LogP contribution is 2.19. The standard InChI is InChI=1S/C22H23N3O5/c1-14-20(15(2)30-25-14)12-29-19-10-4-16(5-11-19)22(27)24-18-8-6-17(7-9-18)23-21(26)13-28-3/h4-11H,12-13H2,1-3H3,(H,23,26)(H,24,27). The van der Waals surface area contributed by atoms with Crippen molar-refractivity contribution in [2.75, 3.05) is 24.4 Å². The number of carbonyl (C=O) groups excluding carboxylic acids is 2. The summed E-state index contributed by atoms with van der Waals surface area (Å²) in [5.41, 5.74) is 3.45. The molecule has 0 saturated carbocycles. The zero-order valence-corrected chi connectivity index (χ0v) is 17.0. The summed E-state index contributed by atoms with van der Waals surface area (Å²) in [5.74, 6) is 0.880. The molecule has 156 valence electrons. The Bertz CT molecular complexity index is 991. The van der Waals surface area contributed by atoms with Crippen LogP contribution in [0.2, 0.25) is 0 Å². The van der Waals surface area contributed by atoms with Crippen molar-refractivity contribution < 1.29 is 23.6 Å². The molecule has 0 aliphatic carbocycles. The van der Waals surface area contributed by atoms with Crippen molar-refractivity contribution in [3.63, 3.8) is 0 Å². The van der Waals surface area contributed by atoms with Crippen molar-refractivity contribution >= 4 is 23.2 Å². The molecule has 1 aromatic heterocycles. The van der Waals surface area contributed by atoms with Gasteiger partial charge in [-0.1, -0.05) is 5.16 Å². The van der Waals surface area contributed by atoms with Crippen LogP contribution in [0.4, 0.5) is 11.4 Å². The smallest absolute Gasteiger partial charge is 0.255 e. The minimum absolute atomic E-state index is 0.0175. The molecule has 3 aromatic rings. The molecule has 0 saturated heterocycles. The quantitative estimate of drug-likeness (QED) is 0.588. The van der Waals surface area contributed by atoms with Crippen LogP contribution >= 0.6 is 0 Å². The molecule has 0 bridgehead atoms. The maximum atomic E-state index is 12.4. The number of carbonyl (C=O) groups is 2. The fraction of sp³-hybridized carbons (Fsp3) is 0.227. The maximum absolute atomic E-state index is 12.4. The van der Waals surface area contributed by atoms with Crippen LogP contribution in [0.1, 0.15) is 27.4 Å². The largest absolute Gasteiger partial charge is 0.489 e. The Morgan fingerprint density at radius 1 is 0.967 bits per heavy atom. The lowest BCUT2D eigenvalue weighted by molar-refractivity contribution is -0.119. The highest BCUT2D eigenvalue weighted by molar-refractivity contribution is 6.04. The minimum atomic E-state index is -0.247. The van der Waals surface area contributed by atoms with Gasteiger partial charge in [-0.05, 0) is 62.4 Å². The average molecular weight is 409 g/mol. The molecule has 0 aliphatic rings. The molecular weight excluding hydrogens is 386 g/mol. The summed E-state index contributed by atoms with van der Waals surface area (Å²) in [6.07, 6.45) is 0. The number of hydrogen-bond acceptors (Lipinski definition) is 6. The number of anilines is 2. The summed E-state index contributed by atoms with van der Waals surface area (Å²) in [4.78, 5) is 24.0. The SMILES string of the molecule is COCC(=O)Nc1ccc(NC(=O)c2ccc(OCc3c(C)noc3C)cc2)cc1.